The Morgan fingerprint density at radius 1 is 0.652 bits per heavy atom. The molecule has 0 aromatic heterocycles. The number of hydrogen-bond donors (Lipinski definition) is 0. The first-order valence-electron chi connectivity index (χ1n) is 10.0. The van der Waals surface area contributed by atoms with Gasteiger partial charge in [-0.05, 0) is 12.0 Å². The highest BCUT2D eigenvalue weighted by Gasteiger charge is 1.94. The molecule has 0 aliphatic rings. The summed E-state index contributed by atoms with van der Waals surface area (Å²) in [7, 11) is 0. The first kappa shape index (κ1) is 24.4. The molecule has 0 amide bonds. The second kappa shape index (κ2) is 23.4. The highest BCUT2D eigenvalue weighted by atomic mass is 16.5. The van der Waals surface area contributed by atoms with E-state index in [1.165, 1.54) is 63.4 Å². The number of rotatable bonds is 12. The molecular formula is C22H42O. The number of unbranched alkanes of at least 4 members (excludes halogenated alkanes) is 8. The molecule has 1 rings (SSSR count). The Labute approximate surface area is 146 Å². The highest BCUT2D eigenvalue weighted by Crippen LogP contribution is 2.09. The van der Waals surface area contributed by atoms with Crippen molar-refractivity contribution < 1.29 is 4.74 Å². The molecule has 0 saturated heterocycles. The van der Waals surface area contributed by atoms with Crippen molar-refractivity contribution in [3.05, 3.63) is 35.9 Å². The molecule has 0 heterocycles. The van der Waals surface area contributed by atoms with E-state index in [1.807, 2.05) is 33.8 Å². The van der Waals surface area contributed by atoms with Gasteiger partial charge in [0.1, 0.15) is 0 Å². The molecule has 0 saturated carbocycles. The topological polar surface area (TPSA) is 9.23 Å². The van der Waals surface area contributed by atoms with Gasteiger partial charge in [0.2, 0.25) is 0 Å². The molecule has 0 atom stereocenters. The van der Waals surface area contributed by atoms with E-state index in [-0.39, 0.29) is 0 Å². The van der Waals surface area contributed by atoms with Gasteiger partial charge in [-0.3, -0.25) is 0 Å². The zero-order valence-corrected chi connectivity index (χ0v) is 16.6. The van der Waals surface area contributed by atoms with Crippen LogP contribution in [0.5, 0.6) is 0 Å². The van der Waals surface area contributed by atoms with Crippen LogP contribution >= 0.6 is 0 Å². The van der Waals surface area contributed by atoms with Crippen molar-refractivity contribution >= 4 is 0 Å². The molecule has 1 nitrogen and oxygen atoms in total. The molecule has 0 aliphatic carbocycles. The summed E-state index contributed by atoms with van der Waals surface area (Å²) in [6, 6.07) is 10.4. The molecule has 136 valence electrons. The van der Waals surface area contributed by atoms with Crippen molar-refractivity contribution in [2.45, 2.75) is 99.0 Å². The second-order valence-corrected chi connectivity index (χ2v) is 5.37. The van der Waals surface area contributed by atoms with E-state index in [0.29, 0.717) is 0 Å². The summed E-state index contributed by atoms with van der Waals surface area (Å²) >= 11 is 0. The third-order valence-electron chi connectivity index (χ3n) is 3.50. The van der Waals surface area contributed by atoms with Crippen molar-refractivity contribution in [2.75, 3.05) is 6.61 Å². The van der Waals surface area contributed by atoms with Crippen LogP contribution in [0.15, 0.2) is 30.3 Å². The molecule has 1 heteroatoms. The van der Waals surface area contributed by atoms with Crippen LogP contribution in [0.4, 0.5) is 0 Å². The average molecular weight is 323 g/mol. The van der Waals surface area contributed by atoms with Gasteiger partial charge in [-0.15, -0.1) is 0 Å². The molecule has 0 N–H and O–H groups in total. The predicted molar refractivity (Wildman–Crippen MR) is 106 cm³/mol. The lowest BCUT2D eigenvalue weighted by atomic mass is 10.1. The van der Waals surface area contributed by atoms with Gasteiger partial charge in [0, 0.05) is 6.61 Å². The molecular weight excluding hydrogens is 280 g/mol. The third kappa shape index (κ3) is 19.1. The summed E-state index contributed by atoms with van der Waals surface area (Å²) in [6.45, 7) is 11.9. The molecule has 0 fully saturated rings. The SMILES string of the molecule is CC.CC.CCCCCCCCCCCOCc1ccccc1. The Morgan fingerprint density at radius 2 is 1.13 bits per heavy atom. The van der Waals surface area contributed by atoms with Crippen LogP contribution in [0.1, 0.15) is 98.0 Å². The van der Waals surface area contributed by atoms with Crippen LogP contribution in [-0.2, 0) is 11.3 Å². The fourth-order valence-electron chi connectivity index (χ4n) is 2.28. The quantitative estimate of drug-likeness (QED) is 0.357. The van der Waals surface area contributed by atoms with Crippen LogP contribution in [0.3, 0.4) is 0 Å². The first-order valence-corrected chi connectivity index (χ1v) is 10.0. The lowest BCUT2D eigenvalue weighted by Crippen LogP contribution is -1.95. The van der Waals surface area contributed by atoms with E-state index < -0.39 is 0 Å². The smallest absolute Gasteiger partial charge is 0.0716 e. The van der Waals surface area contributed by atoms with E-state index in [0.717, 1.165) is 13.2 Å². The molecule has 1 aromatic carbocycles. The molecule has 0 radical (unpaired) electrons. The Hall–Kier alpha value is -0.820. The number of hydrogen-bond acceptors (Lipinski definition) is 1. The van der Waals surface area contributed by atoms with Crippen molar-refractivity contribution in [1.82, 2.24) is 0 Å². The minimum Gasteiger partial charge on any atom is -0.377 e. The van der Waals surface area contributed by atoms with Gasteiger partial charge in [0.25, 0.3) is 0 Å². The number of ether oxygens (including phenoxy) is 1. The Balaban J connectivity index is 0. The van der Waals surface area contributed by atoms with Gasteiger partial charge >= 0.3 is 0 Å². The lowest BCUT2D eigenvalue weighted by molar-refractivity contribution is 0.116. The zero-order chi connectivity index (χ0) is 17.6. The zero-order valence-electron chi connectivity index (χ0n) is 16.6. The Kier molecular flexibility index (Phi) is 24.9. The van der Waals surface area contributed by atoms with Gasteiger partial charge in [-0.2, -0.15) is 0 Å². The van der Waals surface area contributed by atoms with Gasteiger partial charge < -0.3 is 4.74 Å². The summed E-state index contributed by atoms with van der Waals surface area (Å²) in [5.74, 6) is 0. The fourth-order valence-corrected chi connectivity index (χ4v) is 2.28. The summed E-state index contributed by atoms with van der Waals surface area (Å²) < 4.78 is 5.68. The van der Waals surface area contributed by atoms with Crippen molar-refractivity contribution in [1.29, 1.82) is 0 Å². The van der Waals surface area contributed by atoms with Crippen LogP contribution in [0.2, 0.25) is 0 Å². The summed E-state index contributed by atoms with van der Waals surface area (Å²) in [5.41, 5.74) is 1.28. The molecule has 0 unspecified atom stereocenters. The van der Waals surface area contributed by atoms with E-state index in [1.54, 1.807) is 0 Å². The van der Waals surface area contributed by atoms with Crippen LogP contribution in [-0.4, -0.2) is 6.61 Å². The summed E-state index contributed by atoms with van der Waals surface area (Å²) in [6.07, 6.45) is 12.3. The van der Waals surface area contributed by atoms with Crippen molar-refractivity contribution in [2.24, 2.45) is 0 Å². The maximum absolute atomic E-state index is 5.68. The van der Waals surface area contributed by atoms with E-state index in [4.69, 9.17) is 4.74 Å². The second-order valence-electron chi connectivity index (χ2n) is 5.37. The summed E-state index contributed by atoms with van der Waals surface area (Å²) in [4.78, 5) is 0. The predicted octanol–water partition coefficient (Wildman–Crippen LogP) is 7.79. The van der Waals surface area contributed by atoms with E-state index in [2.05, 4.69) is 31.2 Å². The molecule has 1 aromatic rings. The molecule has 0 spiro atoms. The number of benzene rings is 1. The first-order chi connectivity index (χ1) is 11.4. The molecule has 23 heavy (non-hydrogen) atoms. The van der Waals surface area contributed by atoms with Crippen LogP contribution in [0, 0.1) is 0 Å². The van der Waals surface area contributed by atoms with E-state index >= 15 is 0 Å². The molecule has 0 aliphatic heterocycles. The van der Waals surface area contributed by atoms with E-state index in [9.17, 15) is 0 Å². The standard InChI is InChI=1S/C18H30O.2C2H6/c1-2-3-4-5-6-7-8-9-13-16-19-17-18-14-11-10-12-15-18;2*1-2/h10-12,14-15H,2-9,13,16-17H2,1H3;2*1-2H3. The minimum absolute atomic E-state index is 0.762. The Morgan fingerprint density at radius 3 is 1.65 bits per heavy atom. The van der Waals surface area contributed by atoms with Gasteiger partial charge in [0.15, 0.2) is 0 Å². The molecule has 0 bridgehead atoms. The maximum atomic E-state index is 5.68. The average Bonchev–Trinajstić information content (AvgIpc) is 2.64. The van der Waals surface area contributed by atoms with Gasteiger partial charge in [-0.1, -0.05) is 116 Å². The monoisotopic (exact) mass is 322 g/mol. The minimum atomic E-state index is 0.762. The van der Waals surface area contributed by atoms with Gasteiger partial charge in [0.05, 0.1) is 6.61 Å². The normalized spacial score (nSPS) is 9.43. The maximum Gasteiger partial charge on any atom is 0.0716 e. The fraction of sp³-hybridized carbons (Fsp3) is 0.727. The largest absolute Gasteiger partial charge is 0.377 e. The summed E-state index contributed by atoms with van der Waals surface area (Å²) in [5, 5.41) is 0. The third-order valence-corrected chi connectivity index (χ3v) is 3.50. The van der Waals surface area contributed by atoms with Crippen LogP contribution in [0.25, 0.3) is 0 Å². The van der Waals surface area contributed by atoms with Crippen molar-refractivity contribution in [3.8, 4) is 0 Å². The van der Waals surface area contributed by atoms with Gasteiger partial charge in [-0.25, -0.2) is 0 Å². The van der Waals surface area contributed by atoms with Crippen LogP contribution < -0.4 is 0 Å². The lowest BCUT2D eigenvalue weighted by Gasteiger charge is -2.04. The van der Waals surface area contributed by atoms with Crippen molar-refractivity contribution in [3.63, 3.8) is 0 Å². The Bertz CT molecular complexity index is 281. The highest BCUT2D eigenvalue weighted by molar-refractivity contribution is 5.13.